The van der Waals surface area contributed by atoms with Gasteiger partial charge in [-0.1, -0.05) is 30.3 Å². The number of ether oxygens (including phenoxy) is 2. The Balaban J connectivity index is 1.41. The van der Waals surface area contributed by atoms with E-state index in [9.17, 15) is 4.79 Å². The number of carbonyl (C=O) groups excluding carboxylic acids is 1. The maximum Gasteiger partial charge on any atom is 0.274 e. The van der Waals surface area contributed by atoms with Crippen molar-refractivity contribution in [2.75, 3.05) is 31.2 Å². The molecular formula is C22H28N4O3. The van der Waals surface area contributed by atoms with Crippen LogP contribution < -0.4 is 4.90 Å². The normalized spacial score (nSPS) is 18.4. The number of piperidine rings is 1. The van der Waals surface area contributed by atoms with Gasteiger partial charge >= 0.3 is 0 Å². The molecule has 1 spiro atoms. The molecule has 4 rings (SSSR count). The zero-order valence-corrected chi connectivity index (χ0v) is 17.1. The van der Waals surface area contributed by atoms with E-state index in [-0.39, 0.29) is 11.9 Å². The lowest BCUT2D eigenvalue weighted by Crippen LogP contribution is -2.45. The molecule has 0 aliphatic carbocycles. The molecule has 0 bridgehead atoms. The topological polar surface area (TPSA) is 67.8 Å². The summed E-state index contributed by atoms with van der Waals surface area (Å²) in [6, 6.07) is 10.1. The Hall–Kier alpha value is -2.51. The number of carbonyl (C=O) groups is 1. The van der Waals surface area contributed by atoms with Crippen molar-refractivity contribution in [1.82, 2.24) is 14.9 Å². The van der Waals surface area contributed by atoms with Crippen LogP contribution in [0.25, 0.3) is 0 Å². The molecular weight excluding hydrogens is 368 g/mol. The van der Waals surface area contributed by atoms with Gasteiger partial charge in [-0.15, -0.1) is 0 Å². The molecule has 1 aromatic carbocycles. The van der Waals surface area contributed by atoms with Crippen molar-refractivity contribution in [3.63, 3.8) is 0 Å². The molecule has 2 aromatic rings. The molecule has 0 unspecified atom stereocenters. The first-order chi connectivity index (χ1) is 14.1. The molecule has 7 nitrogen and oxygen atoms in total. The second-order valence-electron chi connectivity index (χ2n) is 7.87. The van der Waals surface area contributed by atoms with Gasteiger partial charge in [0.05, 0.1) is 25.6 Å². The van der Waals surface area contributed by atoms with Crippen LogP contribution in [0, 0.1) is 0 Å². The molecule has 0 N–H and O–H groups in total. The molecule has 29 heavy (non-hydrogen) atoms. The van der Waals surface area contributed by atoms with Gasteiger partial charge < -0.3 is 19.3 Å². The lowest BCUT2D eigenvalue weighted by atomic mass is 10.0. The minimum Gasteiger partial charge on any atom is -0.355 e. The third-order valence-electron chi connectivity index (χ3n) is 5.60. The third-order valence-corrected chi connectivity index (χ3v) is 5.60. The van der Waals surface area contributed by atoms with E-state index in [1.807, 2.05) is 49.1 Å². The number of hydrogen-bond acceptors (Lipinski definition) is 6. The molecule has 2 aliphatic rings. The highest BCUT2D eigenvalue weighted by Gasteiger charge is 2.40. The Morgan fingerprint density at radius 2 is 1.79 bits per heavy atom. The first-order valence-corrected chi connectivity index (χ1v) is 10.3. The monoisotopic (exact) mass is 396 g/mol. The lowest BCUT2D eigenvalue weighted by molar-refractivity contribution is -0.169. The van der Waals surface area contributed by atoms with Crippen LogP contribution >= 0.6 is 0 Å². The smallest absolute Gasteiger partial charge is 0.274 e. The van der Waals surface area contributed by atoms with E-state index < -0.39 is 5.79 Å². The number of amides is 1. The molecule has 2 aliphatic heterocycles. The maximum atomic E-state index is 13.0. The van der Waals surface area contributed by atoms with Crippen molar-refractivity contribution in [3.05, 3.63) is 54.0 Å². The van der Waals surface area contributed by atoms with Gasteiger partial charge in [-0.25, -0.2) is 9.97 Å². The molecule has 2 saturated heterocycles. The maximum absolute atomic E-state index is 13.0. The highest BCUT2D eigenvalue weighted by atomic mass is 16.7. The Kier molecular flexibility index (Phi) is 5.78. The summed E-state index contributed by atoms with van der Waals surface area (Å²) in [5.74, 6) is 0.275. The number of aromatic nitrogens is 2. The standard InChI is InChI=1S/C22H28N4O3/c1-17(2)26(16-18-6-4-3-5-7-18)21(27)19-14-24-20(15-23-19)25-10-8-22(9-11-25)28-12-13-29-22/h3-7,14-15,17H,8-13,16H2,1-2H3. The van der Waals surface area contributed by atoms with E-state index in [1.165, 1.54) is 0 Å². The van der Waals surface area contributed by atoms with Crippen molar-refractivity contribution in [1.29, 1.82) is 0 Å². The molecule has 2 fully saturated rings. The van der Waals surface area contributed by atoms with E-state index in [1.54, 1.807) is 12.4 Å². The minimum absolute atomic E-state index is 0.0638. The fourth-order valence-corrected chi connectivity index (χ4v) is 3.87. The van der Waals surface area contributed by atoms with E-state index in [4.69, 9.17) is 9.47 Å². The first-order valence-electron chi connectivity index (χ1n) is 10.3. The summed E-state index contributed by atoms with van der Waals surface area (Å²) >= 11 is 0. The van der Waals surface area contributed by atoms with Crippen LogP contribution in [0.4, 0.5) is 5.82 Å². The zero-order chi connectivity index (χ0) is 20.3. The van der Waals surface area contributed by atoms with Gasteiger partial charge in [0.1, 0.15) is 11.5 Å². The highest BCUT2D eigenvalue weighted by molar-refractivity contribution is 5.92. The van der Waals surface area contributed by atoms with E-state index in [0.29, 0.717) is 25.5 Å². The summed E-state index contributed by atoms with van der Waals surface area (Å²) in [7, 11) is 0. The van der Waals surface area contributed by atoms with Crippen LogP contribution in [0.15, 0.2) is 42.7 Å². The number of anilines is 1. The van der Waals surface area contributed by atoms with Gasteiger partial charge in [0, 0.05) is 38.5 Å². The van der Waals surface area contributed by atoms with Crippen LogP contribution in [-0.2, 0) is 16.0 Å². The minimum atomic E-state index is -0.408. The molecule has 1 amide bonds. The molecule has 3 heterocycles. The van der Waals surface area contributed by atoms with Crippen molar-refractivity contribution in [2.45, 2.75) is 45.1 Å². The van der Waals surface area contributed by atoms with Crippen molar-refractivity contribution in [3.8, 4) is 0 Å². The molecule has 0 saturated carbocycles. The van der Waals surface area contributed by atoms with Gasteiger partial charge in [0.25, 0.3) is 5.91 Å². The van der Waals surface area contributed by atoms with Gasteiger partial charge in [-0.05, 0) is 19.4 Å². The average Bonchev–Trinajstić information content (AvgIpc) is 3.21. The molecule has 0 atom stereocenters. The SMILES string of the molecule is CC(C)N(Cc1ccccc1)C(=O)c1cnc(N2CCC3(CC2)OCCO3)cn1. The summed E-state index contributed by atoms with van der Waals surface area (Å²) in [5.41, 5.74) is 1.46. The summed E-state index contributed by atoms with van der Waals surface area (Å²) in [6.07, 6.45) is 4.91. The fraction of sp³-hybridized carbons (Fsp3) is 0.500. The van der Waals surface area contributed by atoms with Crippen LogP contribution in [0.1, 0.15) is 42.7 Å². The zero-order valence-electron chi connectivity index (χ0n) is 17.1. The third kappa shape index (κ3) is 4.41. The van der Waals surface area contributed by atoms with Crippen LogP contribution in [0.5, 0.6) is 0 Å². The van der Waals surface area contributed by atoms with Gasteiger partial charge in [0.15, 0.2) is 5.79 Å². The van der Waals surface area contributed by atoms with E-state index in [2.05, 4.69) is 14.9 Å². The summed E-state index contributed by atoms with van der Waals surface area (Å²) in [4.78, 5) is 26.0. The number of benzene rings is 1. The van der Waals surface area contributed by atoms with E-state index >= 15 is 0 Å². The molecule has 1 aromatic heterocycles. The molecule has 7 heteroatoms. The Bertz CT molecular complexity index is 810. The van der Waals surface area contributed by atoms with Crippen molar-refractivity contribution < 1.29 is 14.3 Å². The lowest BCUT2D eigenvalue weighted by Gasteiger charge is -2.38. The van der Waals surface area contributed by atoms with Crippen LogP contribution in [0.2, 0.25) is 0 Å². The fourth-order valence-electron chi connectivity index (χ4n) is 3.87. The largest absolute Gasteiger partial charge is 0.355 e. The average molecular weight is 396 g/mol. The van der Waals surface area contributed by atoms with Gasteiger partial charge in [0.2, 0.25) is 0 Å². The Morgan fingerprint density at radius 1 is 1.10 bits per heavy atom. The number of hydrogen-bond donors (Lipinski definition) is 0. The molecule has 0 radical (unpaired) electrons. The second kappa shape index (κ2) is 8.47. The molecule has 154 valence electrons. The van der Waals surface area contributed by atoms with Gasteiger partial charge in [-0.2, -0.15) is 0 Å². The summed E-state index contributed by atoms with van der Waals surface area (Å²) in [5, 5.41) is 0. The second-order valence-corrected chi connectivity index (χ2v) is 7.87. The summed E-state index contributed by atoms with van der Waals surface area (Å²) < 4.78 is 11.6. The summed E-state index contributed by atoms with van der Waals surface area (Å²) in [6.45, 7) is 7.52. The predicted molar refractivity (Wildman–Crippen MR) is 110 cm³/mol. The quantitative estimate of drug-likeness (QED) is 0.774. The van der Waals surface area contributed by atoms with Crippen LogP contribution in [0.3, 0.4) is 0 Å². The van der Waals surface area contributed by atoms with Crippen molar-refractivity contribution in [2.24, 2.45) is 0 Å². The number of nitrogens with zero attached hydrogens (tertiary/aromatic N) is 4. The van der Waals surface area contributed by atoms with E-state index in [0.717, 1.165) is 37.3 Å². The Labute approximate surface area is 171 Å². The predicted octanol–water partition coefficient (Wildman–Crippen LogP) is 2.87. The van der Waals surface area contributed by atoms with Crippen molar-refractivity contribution >= 4 is 11.7 Å². The first kappa shape index (κ1) is 19.8. The Morgan fingerprint density at radius 3 is 2.38 bits per heavy atom. The number of rotatable bonds is 5. The highest BCUT2D eigenvalue weighted by Crippen LogP contribution is 2.32. The van der Waals surface area contributed by atoms with Crippen LogP contribution in [-0.4, -0.2) is 58.9 Å². The van der Waals surface area contributed by atoms with Gasteiger partial charge in [-0.3, -0.25) is 4.79 Å².